The zero-order chi connectivity index (χ0) is 21.4. The number of hydrogen-bond donors (Lipinski definition) is 2. The third-order valence-corrected chi connectivity index (χ3v) is 4.99. The van der Waals surface area contributed by atoms with Crippen molar-refractivity contribution in [3.8, 4) is 22.3 Å². The highest BCUT2D eigenvalue weighted by Crippen LogP contribution is 2.31. The van der Waals surface area contributed by atoms with Crippen molar-refractivity contribution in [1.29, 1.82) is 0 Å². The van der Waals surface area contributed by atoms with Gasteiger partial charge < -0.3 is 10.3 Å². The second kappa shape index (κ2) is 7.60. The van der Waals surface area contributed by atoms with Gasteiger partial charge in [-0.05, 0) is 24.3 Å². The number of carbonyl (C=O) groups excluding carboxylic acids is 1. The van der Waals surface area contributed by atoms with Crippen molar-refractivity contribution < 1.29 is 13.6 Å². The molecule has 1 amide bonds. The predicted molar refractivity (Wildman–Crippen MR) is 112 cm³/mol. The lowest BCUT2D eigenvalue weighted by Crippen LogP contribution is -2.29. The Bertz CT molecular complexity index is 1390. The third-order valence-electron chi connectivity index (χ3n) is 4.99. The fourth-order valence-electron chi connectivity index (χ4n) is 3.50. The molecule has 5 heterocycles. The highest BCUT2D eigenvalue weighted by molar-refractivity contribution is 5.96. The van der Waals surface area contributed by atoms with Crippen LogP contribution in [0.3, 0.4) is 0 Å². The van der Waals surface area contributed by atoms with Gasteiger partial charge in [0.25, 0.3) is 12.3 Å². The molecule has 0 saturated heterocycles. The van der Waals surface area contributed by atoms with Crippen molar-refractivity contribution in [1.82, 2.24) is 29.7 Å². The van der Waals surface area contributed by atoms with E-state index in [0.717, 1.165) is 33.3 Å². The van der Waals surface area contributed by atoms with Gasteiger partial charge in [-0.1, -0.05) is 6.07 Å². The number of nitrogens with one attached hydrogen (secondary N) is 2. The first-order valence-corrected chi connectivity index (χ1v) is 9.51. The fraction of sp³-hybridized carbons (Fsp3) is 0.0909. The minimum Gasteiger partial charge on any atom is -0.346 e. The molecule has 0 aliphatic rings. The van der Waals surface area contributed by atoms with Gasteiger partial charge in [-0.15, -0.1) is 0 Å². The number of imidazole rings is 1. The van der Waals surface area contributed by atoms with E-state index >= 15 is 0 Å². The monoisotopic (exact) mass is 418 g/mol. The number of fused-ring (bicyclic) bond motifs is 2. The molecule has 2 N–H and O–H groups in total. The predicted octanol–water partition coefficient (Wildman–Crippen LogP) is 3.93. The summed E-state index contributed by atoms with van der Waals surface area (Å²) in [4.78, 5) is 28.3. The Morgan fingerprint density at radius 3 is 2.81 bits per heavy atom. The number of aromatic amines is 1. The smallest absolute Gasteiger partial charge is 0.270 e. The maximum atomic E-state index is 12.5. The second-order valence-corrected chi connectivity index (χ2v) is 6.95. The van der Waals surface area contributed by atoms with E-state index in [1.54, 1.807) is 35.3 Å². The van der Waals surface area contributed by atoms with Gasteiger partial charge in [-0.3, -0.25) is 14.2 Å². The van der Waals surface area contributed by atoms with Crippen LogP contribution in [0.1, 0.15) is 10.5 Å². The molecular formula is C22H16F2N6O. The molecule has 0 aliphatic carbocycles. The molecule has 0 fully saturated rings. The van der Waals surface area contributed by atoms with Gasteiger partial charge in [0.15, 0.2) is 0 Å². The molecule has 7 nitrogen and oxygen atoms in total. The summed E-state index contributed by atoms with van der Waals surface area (Å²) in [5.74, 6) is -0.607. The second-order valence-electron chi connectivity index (χ2n) is 6.95. The van der Waals surface area contributed by atoms with Gasteiger partial charge in [0.2, 0.25) is 0 Å². The molecule has 9 heteroatoms. The van der Waals surface area contributed by atoms with Crippen LogP contribution in [-0.2, 0) is 0 Å². The van der Waals surface area contributed by atoms with Gasteiger partial charge in [-0.25, -0.2) is 18.7 Å². The van der Waals surface area contributed by atoms with Gasteiger partial charge in [0.05, 0.1) is 12.7 Å². The average Bonchev–Trinajstić information content (AvgIpc) is 3.41. The van der Waals surface area contributed by atoms with Gasteiger partial charge in [-0.2, -0.15) is 0 Å². The van der Waals surface area contributed by atoms with Crippen LogP contribution in [0.25, 0.3) is 38.9 Å². The Morgan fingerprint density at radius 1 is 1.10 bits per heavy atom. The molecule has 0 aromatic carbocycles. The summed E-state index contributed by atoms with van der Waals surface area (Å²) in [6.07, 6.45) is 7.63. The molecule has 154 valence electrons. The Hall–Kier alpha value is -4.14. The molecule has 5 rings (SSSR count). The van der Waals surface area contributed by atoms with E-state index < -0.39 is 18.9 Å². The molecule has 0 spiro atoms. The summed E-state index contributed by atoms with van der Waals surface area (Å²) >= 11 is 0. The summed E-state index contributed by atoms with van der Waals surface area (Å²) in [5, 5.41) is 3.12. The molecule has 31 heavy (non-hydrogen) atoms. The van der Waals surface area contributed by atoms with E-state index in [-0.39, 0.29) is 5.69 Å². The van der Waals surface area contributed by atoms with Crippen LogP contribution in [0.5, 0.6) is 0 Å². The molecule has 0 radical (unpaired) electrons. The van der Waals surface area contributed by atoms with E-state index in [9.17, 15) is 13.6 Å². The Labute approximate surface area is 174 Å². The minimum atomic E-state index is -2.62. The number of carbonyl (C=O) groups is 1. The van der Waals surface area contributed by atoms with Crippen LogP contribution in [0.2, 0.25) is 0 Å². The topological polar surface area (TPSA) is 88.0 Å². The number of hydrogen-bond acceptors (Lipinski definition) is 4. The first-order valence-electron chi connectivity index (χ1n) is 9.51. The molecule has 0 unspecified atom stereocenters. The Balaban J connectivity index is 1.57. The number of rotatable bonds is 5. The zero-order valence-corrected chi connectivity index (χ0v) is 16.1. The lowest BCUT2D eigenvalue weighted by molar-refractivity contribution is 0.0886. The zero-order valence-electron chi connectivity index (χ0n) is 16.1. The van der Waals surface area contributed by atoms with Crippen LogP contribution >= 0.6 is 0 Å². The maximum Gasteiger partial charge on any atom is 0.270 e. The first-order chi connectivity index (χ1) is 15.1. The molecule has 5 aromatic rings. The Morgan fingerprint density at radius 2 is 2.00 bits per heavy atom. The SMILES string of the molecule is O=C(NCC(F)F)c1cnc2ccc(-c3c[nH]c4ncc(-c5cccnc5)cc34)cn12. The molecule has 0 atom stereocenters. The van der Waals surface area contributed by atoms with E-state index in [4.69, 9.17) is 0 Å². The number of pyridine rings is 3. The van der Waals surface area contributed by atoms with Crippen LogP contribution < -0.4 is 5.32 Å². The van der Waals surface area contributed by atoms with Gasteiger partial charge >= 0.3 is 0 Å². The highest BCUT2D eigenvalue weighted by Gasteiger charge is 2.16. The lowest BCUT2D eigenvalue weighted by atomic mass is 10.0. The fourth-order valence-corrected chi connectivity index (χ4v) is 3.50. The molecule has 5 aromatic heterocycles. The van der Waals surface area contributed by atoms with Crippen molar-refractivity contribution in [3.05, 3.63) is 73.2 Å². The number of aromatic nitrogens is 5. The van der Waals surface area contributed by atoms with Crippen molar-refractivity contribution >= 4 is 22.6 Å². The lowest BCUT2D eigenvalue weighted by Gasteiger charge is -2.07. The standard InChI is InChI=1S/C22H16F2N6O/c23-19(24)11-29-22(31)18-10-26-20-4-3-14(12-30(18)20)17-9-28-21-16(17)6-15(8-27-21)13-2-1-5-25-7-13/h1-10,12,19H,11H2,(H,27,28)(H,29,31). The van der Waals surface area contributed by atoms with E-state index in [1.807, 2.05) is 30.5 Å². The van der Waals surface area contributed by atoms with Crippen LogP contribution in [0, 0.1) is 0 Å². The number of halogens is 2. The van der Waals surface area contributed by atoms with Crippen LogP contribution in [0.4, 0.5) is 8.78 Å². The number of H-pyrrole nitrogens is 1. The largest absolute Gasteiger partial charge is 0.346 e. The van der Waals surface area contributed by atoms with Gasteiger partial charge in [0.1, 0.15) is 17.0 Å². The van der Waals surface area contributed by atoms with Crippen molar-refractivity contribution in [3.63, 3.8) is 0 Å². The van der Waals surface area contributed by atoms with Crippen LogP contribution in [-0.4, -0.2) is 43.2 Å². The third kappa shape index (κ3) is 3.50. The summed E-state index contributed by atoms with van der Waals surface area (Å²) in [7, 11) is 0. The van der Waals surface area contributed by atoms with Crippen molar-refractivity contribution in [2.45, 2.75) is 6.43 Å². The van der Waals surface area contributed by atoms with E-state index in [0.29, 0.717) is 5.65 Å². The molecule has 0 bridgehead atoms. The summed E-state index contributed by atoms with van der Waals surface area (Å²) < 4.78 is 26.5. The minimum absolute atomic E-state index is 0.187. The quantitative estimate of drug-likeness (QED) is 0.453. The van der Waals surface area contributed by atoms with Crippen LogP contribution in [0.15, 0.2) is 67.5 Å². The Kier molecular flexibility index (Phi) is 4.62. The maximum absolute atomic E-state index is 12.5. The average molecular weight is 418 g/mol. The van der Waals surface area contributed by atoms with E-state index in [1.165, 1.54) is 6.20 Å². The summed E-state index contributed by atoms with van der Waals surface area (Å²) in [6.45, 7) is -0.711. The number of alkyl halides is 2. The molecular weight excluding hydrogens is 402 g/mol. The first kappa shape index (κ1) is 18.9. The van der Waals surface area contributed by atoms with Crippen molar-refractivity contribution in [2.24, 2.45) is 0 Å². The normalized spacial score (nSPS) is 11.5. The van der Waals surface area contributed by atoms with Crippen molar-refractivity contribution in [2.75, 3.05) is 6.54 Å². The highest BCUT2D eigenvalue weighted by atomic mass is 19.3. The summed E-state index contributed by atoms with van der Waals surface area (Å²) in [5.41, 5.74) is 5.05. The summed E-state index contributed by atoms with van der Waals surface area (Å²) in [6, 6.07) is 9.52. The van der Waals surface area contributed by atoms with Gasteiger partial charge in [0, 0.05) is 58.6 Å². The molecule has 0 aliphatic heterocycles. The van der Waals surface area contributed by atoms with E-state index in [2.05, 4.69) is 25.3 Å². The number of nitrogens with zero attached hydrogens (tertiary/aromatic N) is 4. The molecule has 0 saturated carbocycles. The number of amides is 1.